The Bertz CT molecular complexity index is 1170. The van der Waals surface area contributed by atoms with Crippen molar-refractivity contribution in [1.82, 2.24) is 0 Å². The molecule has 0 bridgehead atoms. The van der Waals surface area contributed by atoms with Crippen LogP contribution in [0.1, 0.15) is 11.1 Å². The van der Waals surface area contributed by atoms with E-state index in [0.717, 1.165) is 6.07 Å². The van der Waals surface area contributed by atoms with Gasteiger partial charge in [0.15, 0.2) is 29.1 Å². The number of rotatable bonds is 3. The molecule has 0 unspecified atom stereocenters. The predicted molar refractivity (Wildman–Crippen MR) is 89.1 cm³/mol. The van der Waals surface area contributed by atoms with Gasteiger partial charge in [-0.25, -0.2) is 26.3 Å². The maximum absolute atomic E-state index is 14.5. The molecule has 0 atom stereocenters. The van der Waals surface area contributed by atoms with E-state index in [1.54, 1.807) is 0 Å². The minimum absolute atomic E-state index is 0.205. The lowest BCUT2D eigenvalue weighted by Crippen LogP contribution is -2.42. The fraction of sp³-hybridized carbons (Fsp3) is 0.0526. The molecule has 0 radical (unpaired) electrons. The number of hydrogen-bond donors (Lipinski definition) is 1. The average molecular weight is 412 g/mol. The summed E-state index contributed by atoms with van der Waals surface area (Å²) in [6.45, 7) is 0. The zero-order valence-electron chi connectivity index (χ0n) is 14.2. The molecule has 2 nitrogen and oxygen atoms in total. The zero-order chi connectivity index (χ0) is 21.0. The molecule has 3 aromatic carbocycles. The van der Waals surface area contributed by atoms with E-state index >= 15 is 0 Å². The molecule has 1 aliphatic carbocycles. The van der Waals surface area contributed by atoms with E-state index in [2.05, 4.69) is 0 Å². The largest absolute Gasteiger partial charge is 0.563 e. The van der Waals surface area contributed by atoms with Crippen molar-refractivity contribution >= 4 is 12.6 Å². The van der Waals surface area contributed by atoms with Crippen molar-refractivity contribution in [3.05, 3.63) is 82.2 Å². The summed E-state index contributed by atoms with van der Waals surface area (Å²) < 4.78 is 102. The second-order valence-corrected chi connectivity index (χ2v) is 6.30. The van der Waals surface area contributed by atoms with Gasteiger partial charge in [0.25, 0.3) is 0 Å². The van der Waals surface area contributed by atoms with Crippen LogP contribution >= 0.6 is 0 Å². The van der Waals surface area contributed by atoms with E-state index in [4.69, 9.17) is 4.65 Å². The van der Waals surface area contributed by atoms with Gasteiger partial charge < -0.3 is 9.68 Å². The van der Waals surface area contributed by atoms with Crippen LogP contribution in [0.5, 0.6) is 5.75 Å². The van der Waals surface area contributed by atoms with Crippen LogP contribution in [-0.4, -0.2) is 12.1 Å². The van der Waals surface area contributed by atoms with Crippen LogP contribution < -0.4 is 10.1 Å². The summed E-state index contributed by atoms with van der Waals surface area (Å²) in [5.41, 5.74) is -1.90. The molecule has 1 N–H and O–H groups in total. The second-order valence-electron chi connectivity index (χ2n) is 6.30. The Labute approximate surface area is 159 Å². The van der Waals surface area contributed by atoms with Crippen LogP contribution in [0.4, 0.5) is 30.7 Å². The van der Waals surface area contributed by atoms with Crippen molar-refractivity contribution in [2.75, 3.05) is 0 Å². The highest BCUT2D eigenvalue weighted by molar-refractivity contribution is 6.61. The van der Waals surface area contributed by atoms with Crippen LogP contribution in [0.15, 0.2) is 30.3 Å². The van der Waals surface area contributed by atoms with Crippen molar-refractivity contribution in [2.24, 2.45) is 0 Å². The maximum atomic E-state index is 14.5. The quantitative estimate of drug-likeness (QED) is 0.313. The van der Waals surface area contributed by atoms with Crippen molar-refractivity contribution < 1.29 is 40.4 Å². The highest BCUT2D eigenvalue weighted by Gasteiger charge is 2.39. The van der Waals surface area contributed by atoms with Crippen LogP contribution in [0, 0.1) is 40.7 Å². The molecular formula is C19H8BF7O2. The first-order valence-electron chi connectivity index (χ1n) is 8.17. The van der Waals surface area contributed by atoms with Crippen LogP contribution in [0.25, 0.3) is 11.1 Å². The van der Waals surface area contributed by atoms with Gasteiger partial charge in [0.05, 0.1) is 0 Å². The number of fused-ring (bicyclic) bond motifs is 3. The fourth-order valence-corrected chi connectivity index (χ4v) is 3.39. The van der Waals surface area contributed by atoms with Crippen LogP contribution in [0.2, 0.25) is 0 Å². The standard InChI is InChI=1S/C19H8BF7O2/c21-9-3-1-2-7-6-8-13(12(7)9)17(25)19(27)18(26)14(8)20(28)29-11-5-4-10(22)15(23)16(11)24/h1-5,28H,6H2. The molecule has 10 heteroatoms. The van der Waals surface area contributed by atoms with Gasteiger partial charge in [-0.05, 0) is 35.7 Å². The molecule has 0 spiro atoms. The first-order chi connectivity index (χ1) is 13.7. The minimum atomic E-state index is -2.42. The van der Waals surface area contributed by atoms with E-state index in [1.807, 2.05) is 0 Å². The lowest BCUT2D eigenvalue weighted by molar-refractivity contribution is 0.383. The van der Waals surface area contributed by atoms with E-state index in [1.165, 1.54) is 12.1 Å². The zero-order valence-corrected chi connectivity index (χ0v) is 14.2. The third-order valence-corrected chi connectivity index (χ3v) is 4.67. The molecule has 1 aliphatic rings. The molecule has 0 aromatic heterocycles. The van der Waals surface area contributed by atoms with Crippen molar-refractivity contribution in [1.29, 1.82) is 0 Å². The van der Waals surface area contributed by atoms with Gasteiger partial charge in [0, 0.05) is 16.6 Å². The molecule has 29 heavy (non-hydrogen) atoms. The Morgan fingerprint density at radius 1 is 0.724 bits per heavy atom. The summed E-state index contributed by atoms with van der Waals surface area (Å²) in [6, 6.07) is 4.84. The predicted octanol–water partition coefficient (Wildman–Crippen LogP) is 4.00. The van der Waals surface area contributed by atoms with Crippen molar-refractivity contribution in [3.8, 4) is 16.9 Å². The smallest absolute Gasteiger partial charge is 0.530 e. The monoisotopic (exact) mass is 412 g/mol. The molecule has 0 saturated carbocycles. The van der Waals surface area contributed by atoms with Crippen LogP contribution in [0.3, 0.4) is 0 Å². The van der Waals surface area contributed by atoms with E-state index in [-0.39, 0.29) is 23.1 Å². The molecule has 0 saturated heterocycles. The number of benzene rings is 3. The number of hydrogen-bond acceptors (Lipinski definition) is 2. The lowest BCUT2D eigenvalue weighted by atomic mass is 9.74. The highest BCUT2D eigenvalue weighted by Crippen LogP contribution is 2.40. The maximum Gasteiger partial charge on any atom is 0.563 e. The Hall–Kier alpha value is -3.01. The minimum Gasteiger partial charge on any atom is -0.530 e. The lowest BCUT2D eigenvalue weighted by Gasteiger charge is -2.16. The van der Waals surface area contributed by atoms with Crippen LogP contribution in [-0.2, 0) is 6.42 Å². The molecule has 0 amide bonds. The summed E-state index contributed by atoms with van der Waals surface area (Å²) in [5.74, 6) is -12.6. The average Bonchev–Trinajstić information content (AvgIpc) is 3.07. The highest BCUT2D eigenvalue weighted by atomic mass is 19.2. The molecular weight excluding hydrogens is 404 g/mol. The molecule has 0 heterocycles. The fourth-order valence-electron chi connectivity index (χ4n) is 3.39. The third-order valence-electron chi connectivity index (χ3n) is 4.67. The summed E-state index contributed by atoms with van der Waals surface area (Å²) >= 11 is 0. The molecule has 4 rings (SSSR count). The topological polar surface area (TPSA) is 29.5 Å². The van der Waals surface area contributed by atoms with Gasteiger partial charge >= 0.3 is 7.12 Å². The van der Waals surface area contributed by atoms with Crippen molar-refractivity contribution in [2.45, 2.75) is 6.42 Å². The van der Waals surface area contributed by atoms with Gasteiger partial charge in [-0.3, -0.25) is 0 Å². The van der Waals surface area contributed by atoms with Gasteiger partial charge in [-0.2, -0.15) is 4.39 Å². The van der Waals surface area contributed by atoms with Gasteiger partial charge in [-0.1, -0.05) is 12.1 Å². The van der Waals surface area contributed by atoms with E-state index < -0.39 is 64.6 Å². The van der Waals surface area contributed by atoms with Gasteiger partial charge in [-0.15, -0.1) is 0 Å². The second kappa shape index (κ2) is 6.80. The molecule has 0 aliphatic heterocycles. The third kappa shape index (κ3) is 2.86. The van der Waals surface area contributed by atoms with Gasteiger partial charge in [0.1, 0.15) is 11.6 Å². The summed E-state index contributed by atoms with van der Waals surface area (Å²) in [4.78, 5) is 0. The SMILES string of the molecule is OB(Oc1ccc(F)c(F)c1F)c1c(F)c(F)c(F)c2c1Cc1cccc(F)c1-2. The Morgan fingerprint density at radius 2 is 1.45 bits per heavy atom. The molecule has 3 aromatic rings. The summed E-state index contributed by atoms with van der Waals surface area (Å²) in [5, 5.41) is 10.2. The summed E-state index contributed by atoms with van der Waals surface area (Å²) in [7, 11) is -2.42. The Morgan fingerprint density at radius 3 is 2.17 bits per heavy atom. The Balaban J connectivity index is 1.86. The first-order valence-corrected chi connectivity index (χ1v) is 8.17. The van der Waals surface area contributed by atoms with Crippen molar-refractivity contribution in [3.63, 3.8) is 0 Å². The first kappa shape index (κ1) is 19.3. The molecule has 0 fully saturated rings. The molecule has 148 valence electrons. The van der Waals surface area contributed by atoms with E-state index in [0.29, 0.717) is 12.1 Å². The normalized spacial score (nSPS) is 12.0. The van der Waals surface area contributed by atoms with Gasteiger partial charge in [0.2, 0.25) is 5.82 Å². The number of halogens is 7. The van der Waals surface area contributed by atoms with E-state index in [9.17, 15) is 35.8 Å². The summed E-state index contributed by atoms with van der Waals surface area (Å²) in [6.07, 6.45) is -0.271. The Kier molecular flexibility index (Phi) is 4.53.